The van der Waals surface area contributed by atoms with E-state index in [2.05, 4.69) is 16.6 Å². The average Bonchev–Trinajstić information content (AvgIpc) is 2.20. The van der Waals surface area contributed by atoms with Crippen molar-refractivity contribution in [3.8, 4) is 11.8 Å². The Morgan fingerprint density at radius 2 is 1.94 bits per heavy atom. The second-order valence-corrected chi connectivity index (χ2v) is 5.22. The molecule has 0 heterocycles. The summed E-state index contributed by atoms with van der Waals surface area (Å²) in [5.74, 6) is 2.89. The summed E-state index contributed by atoms with van der Waals surface area (Å²) < 4.78 is 50.9. The molecule has 1 rings (SSSR count). The fraction of sp³-hybridized carbons (Fsp3) is 0.273. The Balaban J connectivity index is 3.53. The van der Waals surface area contributed by atoms with E-state index >= 15 is 0 Å². The van der Waals surface area contributed by atoms with Crippen molar-refractivity contribution in [2.24, 2.45) is 0 Å². The molecular formula is C11H11F2NO2S. The third kappa shape index (κ3) is 3.17. The lowest BCUT2D eigenvalue weighted by atomic mass is 10.1. The molecule has 0 saturated carbocycles. The molecule has 0 saturated heterocycles. The van der Waals surface area contributed by atoms with Crippen LogP contribution in [0, 0.1) is 30.4 Å². The second-order valence-electron chi connectivity index (χ2n) is 3.47. The van der Waals surface area contributed by atoms with Gasteiger partial charge in [0.05, 0.1) is 17.5 Å². The highest BCUT2D eigenvalue weighted by atomic mass is 32.2. The predicted molar refractivity (Wildman–Crippen MR) is 62.1 cm³/mol. The second kappa shape index (κ2) is 4.72. The number of hydrogen-bond acceptors (Lipinski definition) is 2. The number of benzene rings is 1. The fourth-order valence-corrected chi connectivity index (χ4v) is 1.94. The van der Waals surface area contributed by atoms with Gasteiger partial charge >= 0.3 is 0 Å². The molecule has 17 heavy (non-hydrogen) atoms. The van der Waals surface area contributed by atoms with Crippen LogP contribution in [0.2, 0.25) is 0 Å². The largest absolute Gasteiger partial charge is 0.282 e. The van der Waals surface area contributed by atoms with Gasteiger partial charge in [-0.15, -0.1) is 5.92 Å². The van der Waals surface area contributed by atoms with E-state index < -0.39 is 21.7 Å². The number of anilines is 1. The highest BCUT2D eigenvalue weighted by Crippen LogP contribution is 2.26. The lowest BCUT2D eigenvalue weighted by Gasteiger charge is -2.11. The minimum absolute atomic E-state index is 0.0271. The first-order chi connectivity index (χ1) is 7.76. The summed E-state index contributed by atoms with van der Waals surface area (Å²) >= 11 is 0. The number of rotatable bonds is 2. The molecule has 0 spiro atoms. The first-order valence-electron chi connectivity index (χ1n) is 4.65. The van der Waals surface area contributed by atoms with Crippen LogP contribution in [-0.4, -0.2) is 14.7 Å². The topological polar surface area (TPSA) is 46.2 Å². The highest BCUT2D eigenvalue weighted by Gasteiger charge is 2.16. The van der Waals surface area contributed by atoms with Crippen LogP contribution in [0.15, 0.2) is 6.07 Å². The van der Waals surface area contributed by atoms with Crippen molar-refractivity contribution < 1.29 is 17.2 Å². The van der Waals surface area contributed by atoms with Gasteiger partial charge in [-0.3, -0.25) is 4.72 Å². The molecule has 0 fully saturated rings. The summed E-state index contributed by atoms with van der Waals surface area (Å²) in [6.45, 7) is 2.80. The lowest BCUT2D eigenvalue weighted by Crippen LogP contribution is -2.13. The smallest absolute Gasteiger partial charge is 0.229 e. The van der Waals surface area contributed by atoms with Gasteiger partial charge in [-0.1, -0.05) is 5.92 Å². The van der Waals surface area contributed by atoms with E-state index in [9.17, 15) is 17.2 Å². The van der Waals surface area contributed by atoms with Crippen LogP contribution in [-0.2, 0) is 10.0 Å². The Morgan fingerprint density at radius 3 is 2.41 bits per heavy atom. The molecule has 0 aliphatic rings. The number of halogens is 2. The van der Waals surface area contributed by atoms with Crippen molar-refractivity contribution in [3.05, 3.63) is 28.8 Å². The van der Waals surface area contributed by atoms with Gasteiger partial charge in [-0.25, -0.2) is 17.2 Å². The van der Waals surface area contributed by atoms with Crippen molar-refractivity contribution >= 4 is 15.7 Å². The Labute approximate surface area is 98.9 Å². The molecule has 0 aromatic heterocycles. The van der Waals surface area contributed by atoms with Gasteiger partial charge < -0.3 is 0 Å². The van der Waals surface area contributed by atoms with Gasteiger partial charge in [0.1, 0.15) is 0 Å². The first kappa shape index (κ1) is 13.5. The van der Waals surface area contributed by atoms with Crippen molar-refractivity contribution in [1.82, 2.24) is 0 Å². The van der Waals surface area contributed by atoms with Crippen molar-refractivity contribution in [3.63, 3.8) is 0 Å². The molecule has 1 aromatic rings. The third-order valence-electron chi connectivity index (χ3n) is 2.00. The standard InChI is InChI=1S/C11H11F2NO2S/c1-4-5-8-6-9(12)10(13)7(2)11(8)14-17(3,15)16/h6,14H,1-3H3. The predicted octanol–water partition coefficient (Wildman–Crippen LogP) is 2.02. The van der Waals surface area contributed by atoms with Crippen LogP contribution in [0.4, 0.5) is 14.5 Å². The van der Waals surface area contributed by atoms with Crippen LogP contribution < -0.4 is 4.72 Å². The van der Waals surface area contributed by atoms with E-state index in [1.807, 2.05) is 0 Å². The number of hydrogen-bond donors (Lipinski definition) is 1. The molecule has 0 aliphatic carbocycles. The summed E-state index contributed by atoms with van der Waals surface area (Å²) in [6.07, 6.45) is 0.927. The third-order valence-corrected chi connectivity index (χ3v) is 2.58. The maximum absolute atomic E-state index is 13.3. The molecule has 0 bridgehead atoms. The monoisotopic (exact) mass is 259 g/mol. The van der Waals surface area contributed by atoms with Gasteiger partial charge in [0, 0.05) is 5.56 Å². The maximum Gasteiger partial charge on any atom is 0.229 e. The molecule has 0 unspecified atom stereocenters. The van der Waals surface area contributed by atoms with Gasteiger partial charge in [-0.2, -0.15) is 0 Å². The van der Waals surface area contributed by atoms with Crippen LogP contribution in [0.1, 0.15) is 18.1 Å². The van der Waals surface area contributed by atoms with Crippen molar-refractivity contribution in [2.75, 3.05) is 11.0 Å². The number of sulfonamides is 1. The van der Waals surface area contributed by atoms with Crippen LogP contribution in [0.5, 0.6) is 0 Å². The van der Waals surface area contributed by atoms with E-state index in [0.717, 1.165) is 12.3 Å². The SMILES string of the molecule is CC#Cc1cc(F)c(F)c(C)c1NS(C)(=O)=O. The number of nitrogens with one attached hydrogen (secondary N) is 1. The summed E-state index contributed by atoms with van der Waals surface area (Å²) in [7, 11) is -3.58. The summed E-state index contributed by atoms with van der Waals surface area (Å²) in [5, 5.41) is 0. The fourth-order valence-electron chi connectivity index (χ4n) is 1.30. The summed E-state index contributed by atoms with van der Waals surface area (Å²) in [4.78, 5) is 0. The minimum atomic E-state index is -3.58. The molecule has 92 valence electrons. The van der Waals surface area contributed by atoms with E-state index in [0.29, 0.717) is 0 Å². The minimum Gasteiger partial charge on any atom is -0.282 e. The molecule has 0 radical (unpaired) electrons. The van der Waals surface area contributed by atoms with E-state index in [4.69, 9.17) is 0 Å². The van der Waals surface area contributed by atoms with Gasteiger partial charge in [-0.05, 0) is 19.9 Å². The Kier molecular flexibility index (Phi) is 3.73. The Bertz CT molecular complexity index is 613. The molecule has 3 nitrogen and oxygen atoms in total. The van der Waals surface area contributed by atoms with E-state index in [1.165, 1.54) is 13.8 Å². The van der Waals surface area contributed by atoms with Crippen LogP contribution in [0.25, 0.3) is 0 Å². The maximum atomic E-state index is 13.3. The lowest BCUT2D eigenvalue weighted by molar-refractivity contribution is 0.503. The molecule has 6 heteroatoms. The van der Waals surface area contributed by atoms with Crippen molar-refractivity contribution in [1.29, 1.82) is 0 Å². The summed E-state index contributed by atoms with van der Waals surface area (Å²) in [6, 6.07) is 0.867. The zero-order valence-corrected chi connectivity index (χ0v) is 10.4. The zero-order valence-electron chi connectivity index (χ0n) is 9.56. The molecule has 1 aromatic carbocycles. The van der Waals surface area contributed by atoms with Gasteiger partial charge in [0.2, 0.25) is 10.0 Å². The van der Waals surface area contributed by atoms with Gasteiger partial charge in [0.25, 0.3) is 0 Å². The molecular weight excluding hydrogens is 248 g/mol. The van der Waals surface area contributed by atoms with E-state index in [-0.39, 0.29) is 16.8 Å². The van der Waals surface area contributed by atoms with Crippen molar-refractivity contribution in [2.45, 2.75) is 13.8 Å². The quantitative estimate of drug-likeness (QED) is 0.826. The average molecular weight is 259 g/mol. The highest BCUT2D eigenvalue weighted by molar-refractivity contribution is 7.92. The molecule has 0 atom stereocenters. The molecule has 1 N–H and O–H groups in total. The molecule has 0 amide bonds. The Morgan fingerprint density at radius 1 is 1.35 bits per heavy atom. The normalized spacial score (nSPS) is 10.6. The zero-order chi connectivity index (χ0) is 13.2. The summed E-state index contributed by atoms with van der Waals surface area (Å²) in [5.41, 5.74) is -0.0387. The Hall–Kier alpha value is -1.61. The van der Waals surface area contributed by atoms with Crippen LogP contribution in [0.3, 0.4) is 0 Å². The van der Waals surface area contributed by atoms with E-state index in [1.54, 1.807) is 0 Å². The van der Waals surface area contributed by atoms with Crippen LogP contribution >= 0.6 is 0 Å². The molecule has 0 aliphatic heterocycles. The first-order valence-corrected chi connectivity index (χ1v) is 6.54. The van der Waals surface area contributed by atoms with Gasteiger partial charge in [0.15, 0.2) is 11.6 Å².